The van der Waals surface area contributed by atoms with Crippen LogP contribution in [0.3, 0.4) is 0 Å². The van der Waals surface area contributed by atoms with Gasteiger partial charge in [-0.25, -0.2) is 8.42 Å². The standard InChI is InChI=1S/C6H14O5S3/c1-6(2)5-13(7,8)4-3-11-14(9,10)12/h6H,3-5H2,1-2H3,(H,9,10,12). The van der Waals surface area contributed by atoms with E-state index in [0.717, 1.165) is 0 Å². The minimum Gasteiger partial charge on any atom is -0.285 e. The molecular formula is C6H14O5S3. The van der Waals surface area contributed by atoms with Crippen molar-refractivity contribution in [2.75, 3.05) is 18.1 Å². The minimum atomic E-state index is -3.71. The average molecular weight is 262 g/mol. The zero-order valence-corrected chi connectivity index (χ0v) is 10.5. The van der Waals surface area contributed by atoms with E-state index >= 15 is 0 Å². The lowest BCUT2D eigenvalue weighted by molar-refractivity contribution is 0.323. The molecule has 0 bridgehead atoms. The Hall–Kier alpha value is 0.240. The number of sulfone groups is 1. The van der Waals surface area contributed by atoms with E-state index in [-0.39, 0.29) is 24.0 Å². The summed E-state index contributed by atoms with van der Waals surface area (Å²) < 4.78 is 45.7. The van der Waals surface area contributed by atoms with Gasteiger partial charge in [0.1, 0.15) is 0 Å². The van der Waals surface area contributed by atoms with Crippen molar-refractivity contribution in [2.45, 2.75) is 13.8 Å². The molecule has 0 aliphatic rings. The fourth-order valence-corrected chi connectivity index (χ4v) is 2.98. The highest BCUT2D eigenvalue weighted by Crippen LogP contribution is 2.01. The lowest BCUT2D eigenvalue weighted by Crippen LogP contribution is -2.20. The molecule has 0 aliphatic carbocycles. The van der Waals surface area contributed by atoms with Crippen molar-refractivity contribution in [2.24, 2.45) is 5.92 Å². The summed E-state index contributed by atoms with van der Waals surface area (Å²) in [5.74, 6) is -0.207. The Morgan fingerprint density at radius 2 is 1.86 bits per heavy atom. The molecule has 5 nitrogen and oxygen atoms in total. The number of rotatable bonds is 6. The molecule has 1 atom stereocenters. The van der Waals surface area contributed by atoms with Crippen LogP contribution in [0.2, 0.25) is 0 Å². The Balaban J connectivity index is 4.02. The van der Waals surface area contributed by atoms with Crippen molar-refractivity contribution in [1.82, 2.24) is 0 Å². The highest BCUT2D eigenvalue weighted by atomic mass is 32.9. The maximum absolute atomic E-state index is 11.2. The lowest BCUT2D eigenvalue weighted by atomic mass is 10.3. The molecule has 0 saturated carbocycles. The van der Waals surface area contributed by atoms with Crippen LogP contribution in [-0.4, -0.2) is 35.3 Å². The van der Waals surface area contributed by atoms with Crippen molar-refractivity contribution in [3.63, 3.8) is 0 Å². The van der Waals surface area contributed by atoms with Gasteiger partial charge in [-0.3, -0.25) is 8.74 Å². The van der Waals surface area contributed by atoms with Gasteiger partial charge in [-0.1, -0.05) is 13.8 Å². The molecule has 86 valence electrons. The van der Waals surface area contributed by atoms with Gasteiger partial charge in [-0.2, -0.15) is 4.21 Å². The molecule has 0 heterocycles. The van der Waals surface area contributed by atoms with Crippen LogP contribution in [0.1, 0.15) is 13.8 Å². The van der Waals surface area contributed by atoms with Crippen LogP contribution in [0.5, 0.6) is 0 Å². The summed E-state index contributed by atoms with van der Waals surface area (Å²) in [6.07, 6.45) is 0. The van der Waals surface area contributed by atoms with E-state index < -0.39 is 18.9 Å². The van der Waals surface area contributed by atoms with Crippen LogP contribution in [0, 0.1) is 5.92 Å². The molecule has 0 aromatic carbocycles. The molecule has 0 radical (unpaired) electrons. The number of hydrogen-bond acceptors (Lipinski definition) is 5. The van der Waals surface area contributed by atoms with Gasteiger partial charge in [0.05, 0.1) is 18.1 Å². The second-order valence-corrected chi connectivity index (χ2v) is 7.84. The Labute approximate surface area is 89.5 Å². The van der Waals surface area contributed by atoms with E-state index in [1.807, 2.05) is 0 Å². The predicted octanol–water partition coefficient (Wildman–Crippen LogP) is 0.208. The van der Waals surface area contributed by atoms with Crippen molar-refractivity contribution in [3.05, 3.63) is 0 Å². The smallest absolute Gasteiger partial charge is 0.266 e. The Morgan fingerprint density at radius 3 is 2.21 bits per heavy atom. The molecule has 1 unspecified atom stereocenters. The Morgan fingerprint density at radius 1 is 1.36 bits per heavy atom. The first-order chi connectivity index (χ1) is 6.12. The van der Waals surface area contributed by atoms with Crippen LogP contribution in [0.25, 0.3) is 0 Å². The molecule has 0 aromatic rings. The van der Waals surface area contributed by atoms with Crippen molar-refractivity contribution in [1.29, 1.82) is 0 Å². The molecule has 0 rings (SSSR count). The highest BCUT2D eigenvalue weighted by molar-refractivity contribution is 8.27. The predicted molar refractivity (Wildman–Crippen MR) is 57.6 cm³/mol. The summed E-state index contributed by atoms with van der Waals surface area (Å²) in [7, 11) is -6.92. The van der Waals surface area contributed by atoms with Crippen LogP contribution in [0.15, 0.2) is 0 Å². The highest BCUT2D eigenvalue weighted by Gasteiger charge is 2.14. The molecule has 1 N–H and O–H groups in total. The van der Waals surface area contributed by atoms with Gasteiger partial charge in [0.15, 0.2) is 9.84 Å². The third-order valence-electron chi connectivity index (χ3n) is 1.21. The van der Waals surface area contributed by atoms with E-state index in [2.05, 4.69) is 15.4 Å². The van der Waals surface area contributed by atoms with E-state index in [4.69, 9.17) is 4.55 Å². The third-order valence-corrected chi connectivity index (χ3v) is 3.93. The first-order valence-corrected chi connectivity index (χ1v) is 8.13. The van der Waals surface area contributed by atoms with Crippen molar-refractivity contribution >= 4 is 30.1 Å². The van der Waals surface area contributed by atoms with E-state index in [1.54, 1.807) is 13.8 Å². The van der Waals surface area contributed by atoms with E-state index in [1.165, 1.54) is 0 Å². The first kappa shape index (κ1) is 14.2. The Kier molecular flexibility index (Phi) is 5.45. The SMILES string of the molecule is CC(C)CS(=O)(=O)CCOS(=O)(O)=S. The van der Waals surface area contributed by atoms with Gasteiger partial charge in [0, 0.05) is 11.2 Å². The van der Waals surface area contributed by atoms with Crippen molar-refractivity contribution < 1.29 is 21.4 Å². The fraction of sp³-hybridized carbons (Fsp3) is 1.00. The third kappa shape index (κ3) is 8.82. The van der Waals surface area contributed by atoms with Crippen LogP contribution < -0.4 is 0 Å². The van der Waals surface area contributed by atoms with Gasteiger partial charge in [0.25, 0.3) is 9.05 Å². The summed E-state index contributed by atoms with van der Waals surface area (Å²) in [5.41, 5.74) is 0. The zero-order valence-electron chi connectivity index (χ0n) is 8.00. The van der Waals surface area contributed by atoms with Crippen LogP contribution >= 0.6 is 0 Å². The van der Waals surface area contributed by atoms with Crippen molar-refractivity contribution in [3.8, 4) is 0 Å². The zero-order chi connectivity index (χ0) is 11.4. The van der Waals surface area contributed by atoms with Gasteiger partial charge >= 0.3 is 0 Å². The van der Waals surface area contributed by atoms with Gasteiger partial charge in [-0.15, -0.1) is 0 Å². The molecular weight excluding hydrogens is 248 g/mol. The quantitative estimate of drug-likeness (QED) is 0.737. The van der Waals surface area contributed by atoms with Crippen LogP contribution in [0.4, 0.5) is 0 Å². The van der Waals surface area contributed by atoms with E-state index in [9.17, 15) is 12.6 Å². The average Bonchev–Trinajstić information content (AvgIpc) is 1.78. The van der Waals surface area contributed by atoms with E-state index in [0.29, 0.717) is 0 Å². The molecule has 14 heavy (non-hydrogen) atoms. The molecule has 0 saturated heterocycles. The van der Waals surface area contributed by atoms with Crippen LogP contribution in [-0.2, 0) is 34.3 Å². The summed E-state index contributed by atoms with van der Waals surface area (Å²) in [4.78, 5) is 0. The maximum Gasteiger partial charge on any atom is 0.266 e. The minimum absolute atomic E-state index is 0.0296. The molecule has 0 amide bonds. The fourth-order valence-electron chi connectivity index (χ4n) is 0.857. The molecule has 0 aliphatic heterocycles. The largest absolute Gasteiger partial charge is 0.285 e. The van der Waals surface area contributed by atoms with Gasteiger partial charge in [0.2, 0.25) is 0 Å². The number of hydrogen-bond donors (Lipinski definition) is 1. The summed E-state index contributed by atoms with van der Waals surface area (Å²) in [6, 6.07) is 0. The molecule has 8 heteroatoms. The lowest BCUT2D eigenvalue weighted by Gasteiger charge is -2.06. The summed E-state index contributed by atoms with van der Waals surface area (Å²) >= 11 is 4.03. The second kappa shape index (κ2) is 5.36. The summed E-state index contributed by atoms with van der Waals surface area (Å²) in [6.45, 7) is 3.22. The molecule has 0 spiro atoms. The second-order valence-electron chi connectivity index (χ2n) is 3.26. The van der Waals surface area contributed by atoms with Gasteiger partial charge < -0.3 is 0 Å². The Bertz CT molecular complexity index is 353. The monoisotopic (exact) mass is 262 g/mol. The maximum atomic E-state index is 11.2. The normalized spacial score (nSPS) is 16.9. The topological polar surface area (TPSA) is 80.7 Å². The molecule has 0 aromatic heterocycles. The first-order valence-electron chi connectivity index (χ1n) is 3.94. The van der Waals surface area contributed by atoms with Gasteiger partial charge in [-0.05, 0) is 5.92 Å². The summed E-state index contributed by atoms with van der Waals surface area (Å²) in [5, 5.41) is 0. The molecule has 0 fully saturated rings.